The maximum Gasteiger partial charge on any atom is 0.266 e. The molecule has 0 aliphatic carbocycles. The summed E-state index contributed by atoms with van der Waals surface area (Å²) in [5.74, 6) is -1.16. The fourth-order valence-electron chi connectivity index (χ4n) is 3.29. The van der Waals surface area contributed by atoms with E-state index in [4.69, 9.17) is 21.1 Å². The summed E-state index contributed by atoms with van der Waals surface area (Å²) < 4.78 is 24.0. The van der Waals surface area contributed by atoms with Gasteiger partial charge in [0.1, 0.15) is 17.5 Å². The second kappa shape index (κ2) is 11.9. The predicted molar refractivity (Wildman–Crippen MR) is 137 cm³/mol. The van der Waals surface area contributed by atoms with E-state index in [0.717, 1.165) is 11.1 Å². The van der Waals surface area contributed by atoms with Crippen LogP contribution >= 0.6 is 11.6 Å². The number of nitrogens with one attached hydrogen (secondary N) is 2. The molecule has 36 heavy (non-hydrogen) atoms. The minimum absolute atomic E-state index is 0.121. The lowest BCUT2D eigenvalue weighted by molar-refractivity contribution is -0.118. The Hall–Kier alpha value is -4.35. The van der Waals surface area contributed by atoms with Crippen LogP contribution in [0.15, 0.2) is 60.2 Å². The molecular formula is C27H23ClFN3O4. The predicted octanol–water partition coefficient (Wildman–Crippen LogP) is 5.67. The third kappa shape index (κ3) is 6.84. The van der Waals surface area contributed by atoms with Gasteiger partial charge in [0, 0.05) is 11.4 Å². The van der Waals surface area contributed by atoms with Crippen LogP contribution in [0, 0.1) is 31.0 Å². The molecule has 0 radical (unpaired) electrons. The Labute approximate surface area is 213 Å². The lowest BCUT2D eigenvalue weighted by atomic mass is 10.1. The van der Waals surface area contributed by atoms with Gasteiger partial charge in [-0.15, -0.1) is 0 Å². The van der Waals surface area contributed by atoms with Crippen LogP contribution in [0.25, 0.3) is 6.08 Å². The molecule has 0 fully saturated rings. The molecule has 0 bridgehead atoms. The number of benzene rings is 3. The standard InChI is InChI=1S/C27H23ClFN3O4/c1-16-4-9-23(17(2)10-16)32-25(33)15-36-26-22(28)12-18(13-24(26)35-3)11-19(14-30)27(34)31-21-7-5-20(29)6-8-21/h4-13H,15H2,1-3H3,(H,31,34)(H,32,33)/b19-11+. The SMILES string of the molecule is COc1cc(/C=C(\C#N)C(=O)Nc2ccc(F)cc2)cc(Cl)c1OCC(=O)Nc1ccc(C)cc1C. The number of nitrogens with zero attached hydrogens (tertiary/aromatic N) is 1. The van der Waals surface area contributed by atoms with E-state index in [1.165, 1.54) is 49.6 Å². The van der Waals surface area contributed by atoms with E-state index < -0.39 is 11.7 Å². The first kappa shape index (κ1) is 26.3. The highest BCUT2D eigenvalue weighted by atomic mass is 35.5. The number of hydrogen-bond donors (Lipinski definition) is 2. The Morgan fingerprint density at radius 2 is 1.81 bits per heavy atom. The zero-order valence-electron chi connectivity index (χ0n) is 19.8. The van der Waals surface area contributed by atoms with Crippen LogP contribution in [0.2, 0.25) is 5.02 Å². The monoisotopic (exact) mass is 507 g/mol. The second-order valence-electron chi connectivity index (χ2n) is 7.82. The largest absolute Gasteiger partial charge is 0.493 e. The van der Waals surface area contributed by atoms with Crippen molar-refractivity contribution in [2.45, 2.75) is 13.8 Å². The number of rotatable bonds is 8. The summed E-state index contributed by atoms with van der Waals surface area (Å²) in [4.78, 5) is 24.9. The number of hydrogen-bond acceptors (Lipinski definition) is 5. The van der Waals surface area contributed by atoms with Gasteiger partial charge in [-0.25, -0.2) is 4.39 Å². The van der Waals surface area contributed by atoms with E-state index in [1.54, 1.807) is 0 Å². The van der Waals surface area contributed by atoms with Gasteiger partial charge in [0.25, 0.3) is 11.8 Å². The summed E-state index contributed by atoms with van der Waals surface area (Å²) in [7, 11) is 1.40. The van der Waals surface area contributed by atoms with Crippen LogP contribution in [0.1, 0.15) is 16.7 Å². The van der Waals surface area contributed by atoms with E-state index in [2.05, 4.69) is 10.6 Å². The highest BCUT2D eigenvalue weighted by molar-refractivity contribution is 6.32. The highest BCUT2D eigenvalue weighted by Crippen LogP contribution is 2.37. The summed E-state index contributed by atoms with van der Waals surface area (Å²) >= 11 is 6.37. The molecule has 0 saturated carbocycles. The number of amides is 2. The molecule has 0 aromatic heterocycles. The van der Waals surface area contributed by atoms with Gasteiger partial charge in [-0.2, -0.15) is 5.26 Å². The molecule has 184 valence electrons. The van der Waals surface area contributed by atoms with Gasteiger partial charge in [-0.3, -0.25) is 9.59 Å². The number of carbonyl (C=O) groups excluding carboxylic acids is 2. The van der Waals surface area contributed by atoms with Crippen LogP contribution in [0.5, 0.6) is 11.5 Å². The third-order valence-corrected chi connectivity index (χ3v) is 5.31. The molecule has 0 spiro atoms. The molecule has 0 aliphatic heterocycles. The summed E-state index contributed by atoms with van der Waals surface area (Å²) in [6.07, 6.45) is 1.32. The summed E-state index contributed by atoms with van der Waals surface area (Å²) in [5, 5.41) is 14.9. The van der Waals surface area contributed by atoms with Crippen LogP contribution in [-0.4, -0.2) is 25.5 Å². The smallest absolute Gasteiger partial charge is 0.266 e. The number of methoxy groups -OCH3 is 1. The fourth-order valence-corrected chi connectivity index (χ4v) is 3.56. The molecular weight excluding hydrogens is 485 g/mol. The molecule has 0 atom stereocenters. The first-order valence-corrected chi connectivity index (χ1v) is 11.1. The minimum atomic E-state index is -0.678. The molecule has 0 aliphatic rings. The highest BCUT2D eigenvalue weighted by Gasteiger charge is 2.16. The van der Waals surface area contributed by atoms with E-state index >= 15 is 0 Å². The van der Waals surface area contributed by atoms with Crippen molar-refractivity contribution in [3.63, 3.8) is 0 Å². The molecule has 3 rings (SSSR count). The average molecular weight is 508 g/mol. The molecule has 0 unspecified atom stereocenters. The van der Waals surface area contributed by atoms with Gasteiger partial charge in [-0.1, -0.05) is 29.3 Å². The first-order chi connectivity index (χ1) is 17.2. The topological polar surface area (TPSA) is 100 Å². The zero-order valence-corrected chi connectivity index (χ0v) is 20.6. The van der Waals surface area contributed by atoms with E-state index in [-0.39, 0.29) is 34.6 Å². The minimum Gasteiger partial charge on any atom is -0.493 e. The molecule has 7 nitrogen and oxygen atoms in total. The Kier molecular flexibility index (Phi) is 8.66. The second-order valence-corrected chi connectivity index (χ2v) is 8.23. The molecule has 3 aromatic carbocycles. The molecule has 2 amide bonds. The van der Waals surface area contributed by atoms with Crippen LogP contribution in [0.4, 0.5) is 15.8 Å². The van der Waals surface area contributed by atoms with Gasteiger partial charge in [0.2, 0.25) is 0 Å². The van der Waals surface area contributed by atoms with E-state index in [9.17, 15) is 19.2 Å². The van der Waals surface area contributed by atoms with Gasteiger partial charge in [0.05, 0.1) is 12.1 Å². The van der Waals surface area contributed by atoms with Gasteiger partial charge in [-0.05, 0) is 73.5 Å². The van der Waals surface area contributed by atoms with Crippen molar-refractivity contribution >= 4 is 40.9 Å². The van der Waals surface area contributed by atoms with Crippen molar-refractivity contribution in [1.82, 2.24) is 0 Å². The van der Waals surface area contributed by atoms with Crippen molar-refractivity contribution in [2.75, 3.05) is 24.4 Å². The maximum atomic E-state index is 13.1. The maximum absolute atomic E-state index is 13.1. The zero-order chi connectivity index (χ0) is 26.2. The first-order valence-electron chi connectivity index (χ1n) is 10.8. The number of ether oxygens (including phenoxy) is 2. The lowest BCUT2D eigenvalue weighted by Gasteiger charge is -2.14. The molecule has 0 saturated heterocycles. The molecule has 3 aromatic rings. The Balaban J connectivity index is 1.73. The van der Waals surface area contributed by atoms with Crippen molar-refractivity contribution in [1.29, 1.82) is 5.26 Å². The summed E-state index contributed by atoms with van der Waals surface area (Å²) in [6, 6.07) is 15.6. The lowest BCUT2D eigenvalue weighted by Crippen LogP contribution is -2.21. The Morgan fingerprint density at radius 3 is 2.44 bits per heavy atom. The van der Waals surface area contributed by atoms with Crippen molar-refractivity contribution in [3.8, 4) is 17.6 Å². The number of anilines is 2. The van der Waals surface area contributed by atoms with E-state index in [0.29, 0.717) is 16.9 Å². The normalized spacial score (nSPS) is 10.8. The number of carbonyl (C=O) groups is 2. The third-order valence-electron chi connectivity index (χ3n) is 5.03. The summed E-state index contributed by atoms with van der Waals surface area (Å²) in [6.45, 7) is 3.54. The molecule has 2 N–H and O–H groups in total. The Bertz CT molecular complexity index is 1360. The Morgan fingerprint density at radius 1 is 1.08 bits per heavy atom. The van der Waals surface area contributed by atoms with Gasteiger partial charge < -0.3 is 20.1 Å². The molecule has 9 heteroatoms. The van der Waals surface area contributed by atoms with Gasteiger partial charge >= 0.3 is 0 Å². The number of halogens is 2. The quantitative estimate of drug-likeness (QED) is 0.302. The van der Waals surface area contributed by atoms with Crippen LogP contribution in [-0.2, 0) is 9.59 Å². The summed E-state index contributed by atoms with van der Waals surface area (Å²) in [5.41, 5.74) is 3.21. The van der Waals surface area contributed by atoms with Crippen LogP contribution in [0.3, 0.4) is 0 Å². The molecule has 0 heterocycles. The fraction of sp³-hybridized carbons (Fsp3) is 0.148. The van der Waals surface area contributed by atoms with Gasteiger partial charge in [0.15, 0.2) is 18.1 Å². The number of aryl methyl sites for hydroxylation is 2. The average Bonchev–Trinajstić information content (AvgIpc) is 2.84. The van der Waals surface area contributed by atoms with E-state index in [1.807, 2.05) is 38.1 Å². The van der Waals surface area contributed by atoms with Crippen molar-refractivity contribution in [3.05, 3.63) is 87.7 Å². The van der Waals surface area contributed by atoms with Crippen molar-refractivity contribution in [2.24, 2.45) is 0 Å². The van der Waals surface area contributed by atoms with Crippen LogP contribution < -0.4 is 20.1 Å². The van der Waals surface area contributed by atoms with Crippen molar-refractivity contribution < 1.29 is 23.5 Å². The number of nitriles is 1.